The zero-order valence-electron chi connectivity index (χ0n) is 9.89. The molecule has 0 heterocycles. The zero-order chi connectivity index (χ0) is 12.4. The van der Waals surface area contributed by atoms with Crippen LogP contribution in [0, 0.1) is 21.8 Å². The number of nitrogens with zero attached hydrogens (tertiary/aromatic N) is 1. The second-order valence-electron chi connectivity index (χ2n) is 4.71. The van der Waals surface area contributed by atoms with Crippen molar-refractivity contribution < 1.29 is 0 Å². The second kappa shape index (κ2) is 5.58. The lowest BCUT2D eigenvalue weighted by Gasteiger charge is -2.25. The maximum atomic E-state index is 9.16. The van der Waals surface area contributed by atoms with E-state index in [1.54, 1.807) is 0 Å². The molecular formula is C14H15ClIN. The van der Waals surface area contributed by atoms with Crippen LogP contribution in [0.25, 0.3) is 0 Å². The Morgan fingerprint density at radius 3 is 2.59 bits per heavy atom. The van der Waals surface area contributed by atoms with Crippen molar-refractivity contribution in [2.24, 2.45) is 0 Å². The molecule has 90 valence electrons. The predicted molar refractivity (Wildman–Crippen MR) is 79.4 cm³/mol. The largest absolute Gasteiger partial charge is 0.192 e. The van der Waals surface area contributed by atoms with Crippen LogP contribution in [0.2, 0.25) is 5.02 Å². The average Bonchev–Trinajstić information content (AvgIpc) is 2.35. The molecule has 3 heteroatoms. The summed E-state index contributed by atoms with van der Waals surface area (Å²) in [7, 11) is 0. The highest BCUT2D eigenvalue weighted by molar-refractivity contribution is 14.1. The van der Waals surface area contributed by atoms with Gasteiger partial charge in [-0.05, 0) is 65.5 Å². The topological polar surface area (TPSA) is 23.8 Å². The Balaban J connectivity index is 2.51. The Morgan fingerprint density at radius 1 is 1.35 bits per heavy atom. The molecule has 1 saturated carbocycles. The zero-order valence-corrected chi connectivity index (χ0v) is 12.8. The molecule has 1 fully saturated rings. The van der Waals surface area contributed by atoms with Gasteiger partial charge in [-0.3, -0.25) is 0 Å². The van der Waals surface area contributed by atoms with E-state index < -0.39 is 0 Å². The maximum absolute atomic E-state index is 9.16. The third-order valence-corrected chi connectivity index (χ3v) is 5.24. The Labute approximate surface area is 121 Å². The van der Waals surface area contributed by atoms with E-state index in [4.69, 9.17) is 16.9 Å². The lowest BCUT2D eigenvalue weighted by Crippen LogP contribution is -2.08. The van der Waals surface area contributed by atoms with Gasteiger partial charge in [0.2, 0.25) is 0 Å². The molecular weight excluding hydrogens is 345 g/mol. The standard InChI is InChI=1S/C14H15ClIN/c1-9-11(8-17)7-12(16)14(15)13(9)10-5-3-2-4-6-10/h7,10H,2-6H2,1H3. The average molecular weight is 360 g/mol. The Hall–Kier alpha value is -0.270. The molecule has 1 aliphatic rings. The lowest BCUT2D eigenvalue weighted by molar-refractivity contribution is 0.442. The van der Waals surface area contributed by atoms with E-state index in [0.717, 1.165) is 19.7 Å². The number of nitriles is 1. The maximum Gasteiger partial charge on any atom is 0.0994 e. The van der Waals surface area contributed by atoms with Gasteiger partial charge in [-0.15, -0.1) is 0 Å². The molecule has 0 aromatic heterocycles. The van der Waals surface area contributed by atoms with Crippen molar-refractivity contribution in [3.05, 3.63) is 31.3 Å². The van der Waals surface area contributed by atoms with E-state index in [1.807, 2.05) is 13.0 Å². The molecule has 1 aliphatic carbocycles. The minimum absolute atomic E-state index is 0.554. The lowest BCUT2D eigenvalue weighted by atomic mass is 9.81. The van der Waals surface area contributed by atoms with Crippen LogP contribution >= 0.6 is 34.2 Å². The summed E-state index contributed by atoms with van der Waals surface area (Å²) in [5, 5.41) is 10.0. The fourth-order valence-electron chi connectivity index (χ4n) is 2.73. The smallest absolute Gasteiger partial charge is 0.0994 e. The monoisotopic (exact) mass is 359 g/mol. The fourth-order valence-corrected chi connectivity index (χ4v) is 3.68. The van der Waals surface area contributed by atoms with Crippen molar-refractivity contribution in [1.82, 2.24) is 0 Å². The Bertz CT molecular complexity index is 470. The molecule has 0 aliphatic heterocycles. The van der Waals surface area contributed by atoms with Gasteiger partial charge in [-0.25, -0.2) is 0 Å². The van der Waals surface area contributed by atoms with E-state index in [-0.39, 0.29) is 0 Å². The van der Waals surface area contributed by atoms with Gasteiger partial charge in [0.1, 0.15) is 0 Å². The van der Waals surface area contributed by atoms with Crippen LogP contribution in [-0.4, -0.2) is 0 Å². The molecule has 1 nitrogen and oxygen atoms in total. The van der Waals surface area contributed by atoms with Gasteiger partial charge >= 0.3 is 0 Å². The quantitative estimate of drug-likeness (QED) is 0.634. The third kappa shape index (κ3) is 2.61. The second-order valence-corrected chi connectivity index (χ2v) is 6.25. The van der Waals surface area contributed by atoms with Gasteiger partial charge in [0.25, 0.3) is 0 Å². The molecule has 1 aromatic rings. The normalized spacial score (nSPS) is 16.8. The number of benzene rings is 1. The van der Waals surface area contributed by atoms with Crippen LogP contribution in [0.1, 0.15) is 54.7 Å². The first-order chi connectivity index (χ1) is 8.15. The van der Waals surface area contributed by atoms with E-state index in [1.165, 1.54) is 37.7 Å². The molecule has 0 radical (unpaired) electrons. The summed E-state index contributed by atoms with van der Waals surface area (Å²) in [4.78, 5) is 0. The van der Waals surface area contributed by atoms with Gasteiger partial charge in [-0.2, -0.15) is 5.26 Å². The van der Waals surface area contributed by atoms with Crippen LogP contribution in [-0.2, 0) is 0 Å². The van der Waals surface area contributed by atoms with E-state index in [2.05, 4.69) is 28.7 Å². The molecule has 0 unspecified atom stereocenters. The Morgan fingerprint density at radius 2 is 2.00 bits per heavy atom. The van der Waals surface area contributed by atoms with Gasteiger partial charge in [0.15, 0.2) is 0 Å². The molecule has 0 bridgehead atoms. The van der Waals surface area contributed by atoms with Crippen LogP contribution < -0.4 is 0 Å². The van der Waals surface area contributed by atoms with E-state index in [9.17, 15) is 0 Å². The highest BCUT2D eigenvalue weighted by Gasteiger charge is 2.22. The summed E-state index contributed by atoms with van der Waals surface area (Å²) in [6.45, 7) is 2.03. The van der Waals surface area contributed by atoms with Crippen LogP contribution in [0.5, 0.6) is 0 Å². The van der Waals surface area contributed by atoms with Gasteiger partial charge in [0, 0.05) is 3.57 Å². The molecule has 0 N–H and O–H groups in total. The van der Waals surface area contributed by atoms with Crippen molar-refractivity contribution in [3.8, 4) is 6.07 Å². The highest BCUT2D eigenvalue weighted by Crippen LogP contribution is 2.40. The molecule has 0 saturated heterocycles. The first-order valence-electron chi connectivity index (χ1n) is 6.03. The highest BCUT2D eigenvalue weighted by atomic mass is 127. The van der Waals surface area contributed by atoms with Crippen LogP contribution in [0.15, 0.2) is 6.07 Å². The summed E-state index contributed by atoms with van der Waals surface area (Å²) < 4.78 is 1.01. The van der Waals surface area contributed by atoms with E-state index >= 15 is 0 Å². The number of rotatable bonds is 1. The fraction of sp³-hybridized carbons (Fsp3) is 0.500. The summed E-state index contributed by atoms with van der Waals surface area (Å²) in [5.74, 6) is 0.554. The molecule has 2 rings (SSSR count). The summed E-state index contributed by atoms with van der Waals surface area (Å²) in [6, 6.07) is 4.17. The van der Waals surface area contributed by atoms with Gasteiger partial charge in [-0.1, -0.05) is 30.9 Å². The summed E-state index contributed by atoms with van der Waals surface area (Å²) >= 11 is 8.67. The first kappa shape index (κ1) is 13.2. The molecule has 1 aromatic carbocycles. The molecule has 17 heavy (non-hydrogen) atoms. The minimum Gasteiger partial charge on any atom is -0.192 e. The number of hydrogen-bond donors (Lipinski definition) is 0. The SMILES string of the molecule is Cc1c(C#N)cc(I)c(Cl)c1C1CCCCC1. The van der Waals surface area contributed by atoms with Gasteiger partial charge in [0.05, 0.1) is 16.7 Å². The van der Waals surface area contributed by atoms with Crippen molar-refractivity contribution in [2.75, 3.05) is 0 Å². The molecule has 0 spiro atoms. The van der Waals surface area contributed by atoms with Crippen LogP contribution in [0.4, 0.5) is 0 Å². The van der Waals surface area contributed by atoms with Crippen molar-refractivity contribution in [2.45, 2.75) is 44.9 Å². The first-order valence-corrected chi connectivity index (χ1v) is 7.49. The van der Waals surface area contributed by atoms with Crippen molar-refractivity contribution >= 4 is 34.2 Å². The Kier molecular flexibility index (Phi) is 4.32. The van der Waals surface area contributed by atoms with Crippen molar-refractivity contribution in [3.63, 3.8) is 0 Å². The third-order valence-electron chi connectivity index (χ3n) is 3.66. The minimum atomic E-state index is 0.554. The summed E-state index contributed by atoms with van der Waals surface area (Å²) in [6.07, 6.45) is 6.33. The summed E-state index contributed by atoms with van der Waals surface area (Å²) in [5.41, 5.74) is 3.10. The van der Waals surface area contributed by atoms with Gasteiger partial charge < -0.3 is 0 Å². The molecule has 0 amide bonds. The van der Waals surface area contributed by atoms with Crippen molar-refractivity contribution in [1.29, 1.82) is 5.26 Å². The number of hydrogen-bond acceptors (Lipinski definition) is 1. The van der Waals surface area contributed by atoms with Crippen LogP contribution in [0.3, 0.4) is 0 Å². The van der Waals surface area contributed by atoms with E-state index in [0.29, 0.717) is 5.92 Å². The number of halogens is 2. The predicted octanol–water partition coefficient (Wildman–Crippen LogP) is 5.17. The molecule has 0 atom stereocenters.